The van der Waals surface area contributed by atoms with Crippen LogP contribution in [0.4, 0.5) is 5.82 Å². The van der Waals surface area contributed by atoms with Crippen molar-refractivity contribution < 1.29 is 4.74 Å². The van der Waals surface area contributed by atoms with E-state index in [1.54, 1.807) is 0 Å². The molecule has 17 heavy (non-hydrogen) atoms. The van der Waals surface area contributed by atoms with Crippen LogP contribution in [0.3, 0.4) is 0 Å². The van der Waals surface area contributed by atoms with Gasteiger partial charge < -0.3 is 9.64 Å². The van der Waals surface area contributed by atoms with Gasteiger partial charge in [-0.05, 0) is 0 Å². The highest BCUT2D eigenvalue weighted by Gasteiger charge is 2.29. The summed E-state index contributed by atoms with van der Waals surface area (Å²) in [5, 5.41) is 0.498. The lowest BCUT2D eigenvalue weighted by Gasteiger charge is -2.44. The van der Waals surface area contributed by atoms with Gasteiger partial charge in [0, 0.05) is 32.2 Å². The Morgan fingerprint density at radius 1 is 1.29 bits per heavy atom. The lowest BCUT2D eigenvalue weighted by Crippen LogP contribution is -2.58. The number of aromatic nitrogens is 2. The highest BCUT2D eigenvalue weighted by atomic mass is 35.5. The van der Waals surface area contributed by atoms with Crippen molar-refractivity contribution in [1.82, 2.24) is 14.9 Å². The third kappa shape index (κ3) is 2.36. The van der Waals surface area contributed by atoms with Gasteiger partial charge in [-0.3, -0.25) is 4.90 Å². The third-order valence-corrected chi connectivity index (χ3v) is 3.59. The monoisotopic (exact) mass is 254 g/mol. The summed E-state index contributed by atoms with van der Waals surface area (Å²) in [6.07, 6.45) is 1.52. The van der Waals surface area contributed by atoms with Crippen molar-refractivity contribution in [3.05, 3.63) is 17.5 Å². The molecule has 3 heterocycles. The van der Waals surface area contributed by atoms with Crippen LogP contribution >= 0.6 is 11.6 Å². The van der Waals surface area contributed by atoms with E-state index in [2.05, 4.69) is 19.8 Å². The van der Waals surface area contributed by atoms with E-state index in [1.165, 1.54) is 6.33 Å². The van der Waals surface area contributed by atoms with E-state index in [0.29, 0.717) is 11.2 Å². The average molecular weight is 255 g/mol. The van der Waals surface area contributed by atoms with Crippen molar-refractivity contribution in [2.45, 2.75) is 6.04 Å². The Morgan fingerprint density at radius 3 is 3.12 bits per heavy atom. The fraction of sp³-hybridized carbons (Fsp3) is 0.636. The molecular weight excluding hydrogens is 240 g/mol. The molecule has 0 radical (unpaired) electrons. The molecule has 92 valence electrons. The van der Waals surface area contributed by atoms with Crippen molar-refractivity contribution >= 4 is 17.4 Å². The minimum absolute atomic E-state index is 0.478. The minimum atomic E-state index is 0.478. The van der Waals surface area contributed by atoms with Gasteiger partial charge in [-0.25, -0.2) is 9.97 Å². The maximum atomic E-state index is 5.89. The van der Waals surface area contributed by atoms with Crippen LogP contribution in [-0.4, -0.2) is 60.3 Å². The van der Waals surface area contributed by atoms with Crippen LogP contribution in [0, 0.1) is 0 Å². The summed E-state index contributed by atoms with van der Waals surface area (Å²) < 4.78 is 5.52. The first-order valence-corrected chi connectivity index (χ1v) is 6.25. The van der Waals surface area contributed by atoms with Crippen molar-refractivity contribution in [2.24, 2.45) is 0 Å². The van der Waals surface area contributed by atoms with Gasteiger partial charge in [0.05, 0.1) is 19.3 Å². The van der Waals surface area contributed by atoms with Crippen molar-refractivity contribution in [3.8, 4) is 0 Å². The number of ether oxygens (including phenoxy) is 1. The van der Waals surface area contributed by atoms with E-state index in [-0.39, 0.29) is 0 Å². The summed E-state index contributed by atoms with van der Waals surface area (Å²) in [7, 11) is 0. The zero-order valence-electron chi connectivity index (χ0n) is 9.55. The summed E-state index contributed by atoms with van der Waals surface area (Å²) in [5.41, 5.74) is 0. The highest BCUT2D eigenvalue weighted by Crippen LogP contribution is 2.20. The van der Waals surface area contributed by atoms with Crippen LogP contribution in [0.15, 0.2) is 12.4 Å². The van der Waals surface area contributed by atoms with E-state index >= 15 is 0 Å². The molecule has 1 atom stereocenters. The van der Waals surface area contributed by atoms with Crippen LogP contribution < -0.4 is 4.90 Å². The molecule has 0 N–H and O–H groups in total. The second-order valence-corrected chi connectivity index (χ2v) is 4.80. The van der Waals surface area contributed by atoms with E-state index < -0.39 is 0 Å². The molecule has 1 aromatic rings. The number of morpholine rings is 1. The van der Waals surface area contributed by atoms with E-state index in [4.69, 9.17) is 16.3 Å². The Morgan fingerprint density at radius 2 is 2.24 bits per heavy atom. The third-order valence-electron chi connectivity index (χ3n) is 3.38. The number of hydrogen-bond donors (Lipinski definition) is 0. The van der Waals surface area contributed by atoms with Gasteiger partial charge in [0.2, 0.25) is 0 Å². The molecular formula is C11H15ClN4O. The van der Waals surface area contributed by atoms with Gasteiger partial charge >= 0.3 is 0 Å². The largest absolute Gasteiger partial charge is 0.378 e. The Kier molecular flexibility index (Phi) is 3.13. The SMILES string of the molecule is Clc1cc(N2CCN3CCOC[C@@H]3C2)ncn1. The van der Waals surface area contributed by atoms with E-state index in [0.717, 1.165) is 45.2 Å². The molecule has 3 rings (SSSR count). The van der Waals surface area contributed by atoms with Crippen LogP contribution in [0.25, 0.3) is 0 Å². The Balaban J connectivity index is 1.73. The summed E-state index contributed by atoms with van der Waals surface area (Å²) in [5.74, 6) is 0.912. The predicted molar refractivity (Wildman–Crippen MR) is 65.4 cm³/mol. The molecule has 0 spiro atoms. The Labute approximate surface area is 105 Å². The lowest BCUT2D eigenvalue weighted by atomic mass is 10.1. The fourth-order valence-electron chi connectivity index (χ4n) is 2.45. The fourth-order valence-corrected chi connectivity index (χ4v) is 2.59. The molecule has 2 aliphatic rings. The van der Waals surface area contributed by atoms with Crippen LogP contribution in [0.1, 0.15) is 0 Å². The van der Waals surface area contributed by atoms with Crippen LogP contribution in [-0.2, 0) is 4.74 Å². The molecule has 5 nitrogen and oxygen atoms in total. The molecule has 0 saturated carbocycles. The number of piperazine rings is 1. The molecule has 0 aromatic carbocycles. The van der Waals surface area contributed by atoms with Gasteiger partial charge in [0.15, 0.2) is 0 Å². The molecule has 0 aliphatic carbocycles. The molecule has 2 fully saturated rings. The number of halogens is 1. The maximum absolute atomic E-state index is 5.89. The highest BCUT2D eigenvalue weighted by molar-refractivity contribution is 6.29. The number of hydrogen-bond acceptors (Lipinski definition) is 5. The molecule has 0 bridgehead atoms. The topological polar surface area (TPSA) is 41.5 Å². The molecule has 0 unspecified atom stereocenters. The maximum Gasteiger partial charge on any atom is 0.134 e. The summed E-state index contributed by atoms with van der Waals surface area (Å²) in [6, 6.07) is 2.30. The first-order valence-electron chi connectivity index (χ1n) is 5.87. The van der Waals surface area contributed by atoms with Gasteiger partial charge in [-0.15, -0.1) is 0 Å². The predicted octanol–water partition coefficient (Wildman–Crippen LogP) is 0.651. The van der Waals surface area contributed by atoms with Gasteiger partial charge in [-0.1, -0.05) is 11.6 Å². The Bertz CT molecular complexity index is 403. The number of anilines is 1. The second kappa shape index (κ2) is 4.76. The first-order chi connectivity index (χ1) is 8.33. The average Bonchev–Trinajstić information content (AvgIpc) is 2.38. The number of fused-ring (bicyclic) bond motifs is 1. The molecule has 0 amide bonds. The summed E-state index contributed by atoms with van der Waals surface area (Å²) >= 11 is 5.89. The van der Waals surface area contributed by atoms with E-state index in [1.807, 2.05) is 6.07 Å². The van der Waals surface area contributed by atoms with Crippen LogP contribution in [0.5, 0.6) is 0 Å². The molecule has 2 saturated heterocycles. The minimum Gasteiger partial charge on any atom is -0.378 e. The van der Waals surface area contributed by atoms with E-state index in [9.17, 15) is 0 Å². The van der Waals surface area contributed by atoms with Crippen molar-refractivity contribution in [2.75, 3.05) is 44.3 Å². The van der Waals surface area contributed by atoms with Gasteiger partial charge in [-0.2, -0.15) is 0 Å². The second-order valence-electron chi connectivity index (χ2n) is 4.41. The lowest BCUT2D eigenvalue weighted by molar-refractivity contribution is -0.0117. The zero-order valence-corrected chi connectivity index (χ0v) is 10.3. The quantitative estimate of drug-likeness (QED) is 0.689. The Hall–Kier alpha value is -0.910. The number of nitrogens with zero attached hydrogens (tertiary/aromatic N) is 4. The summed E-state index contributed by atoms with van der Waals surface area (Å²) in [6.45, 7) is 5.72. The number of rotatable bonds is 1. The summed E-state index contributed by atoms with van der Waals surface area (Å²) in [4.78, 5) is 12.9. The molecule has 1 aromatic heterocycles. The van der Waals surface area contributed by atoms with Crippen molar-refractivity contribution in [1.29, 1.82) is 0 Å². The van der Waals surface area contributed by atoms with Crippen molar-refractivity contribution in [3.63, 3.8) is 0 Å². The first kappa shape index (κ1) is 11.2. The molecule has 6 heteroatoms. The van der Waals surface area contributed by atoms with Crippen LogP contribution in [0.2, 0.25) is 5.15 Å². The standard InChI is InChI=1S/C11H15ClN4O/c12-10-5-11(14-8-13-10)16-2-1-15-3-4-17-7-9(15)6-16/h5,8-9H,1-4,6-7H2/t9-/m0/s1. The molecule has 2 aliphatic heterocycles. The van der Waals surface area contributed by atoms with Gasteiger partial charge in [0.1, 0.15) is 17.3 Å². The van der Waals surface area contributed by atoms with Gasteiger partial charge in [0.25, 0.3) is 0 Å². The zero-order chi connectivity index (χ0) is 11.7. The normalized spacial score (nSPS) is 25.7. The smallest absolute Gasteiger partial charge is 0.134 e.